The molecule has 8 heteroatoms. The van der Waals surface area contributed by atoms with Crippen molar-refractivity contribution in [3.63, 3.8) is 0 Å². The van der Waals surface area contributed by atoms with E-state index in [1.807, 2.05) is 26.2 Å². The maximum absolute atomic E-state index is 12.2. The van der Waals surface area contributed by atoms with Crippen molar-refractivity contribution < 1.29 is 14.0 Å². The van der Waals surface area contributed by atoms with Crippen LogP contribution in [-0.4, -0.2) is 35.8 Å². The monoisotopic (exact) mass is 398 g/mol. The number of nitrogens with one attached hydrogen (secondary N) is 2. The molecule has 0 unspecified atom stereocenters. The van der Waals surface area contributed by atoms with Crippen LogP contribution in [0, 0.1) is 0 Å². The van der Waals surface area contributed by atoms with Crippen LogP contribution in [-0.2, 0) is 24.3 Å². The molecule has 1 aromatic carbocycles. The number of benzene rings is 1. The second-order valence-corrected chi connectivity index (χ2v) is 7.44. The highest BCUT2D eigenvalue weighted by Crippen LogP contribution is 2.17. The number of furan rings is 1. The van der Waals surface area contributed by atoms with Gasteiger partial charge in [-0.2, -0.15) is 0 Å². The van der Waals surface area contributed by atoms with Gasteiger partial charge >= 0.3 is 0 Å². The lowest BCUT2D eigenvalue weighted by atomic mass is 10.1. The van der Waals surface area contributed by atoms with Gasteiger partial charge in [0.25, 0.3) is 5.91 Å². The lowest BCUT2D eigenvalue weighted by Gasteiger charge is -2.10. The summed E-state index contributed by atoms with van der Waals surface area (Å²) in [5, 5.41) is 7.74. The van der Waals surface area contributed by atoms with E-state index in [1.54, 1.807) is 17.5 Å². The summed E-state index contributed by atoms with van der Waals surface area (Å²) in [5.74, 6) is -0.272. The van der Waals surface area contributed by atoms with Gasteiger partial charge in [-0.1, -0.05) is 24.3 Å². The molecule has 0 saturated heterocycles. The van der Waals surface area contributed by atoms with Crippen LogP contribution < -0.4 is 10.6 Å². The number of anilines is 1. The zero-order valence-corrected chi connectivity index (χ0v) is 16.6. The lowest BCUT2D eigenvalue weighted by molar-refractivity contribution is -0.120. The van der Waals surface area contributed by atoms with Crippen molar-refractivity contribution in [1.29, 1.82) is 0 Å². The normalized spacial score (nSPS) is 10.8. The van der Waals surface area contributed by atoms with Gasteiger partial charge < -0.3 is 14.6 Å². The first-order valence-corrected chi connectivity index (χ1v) is 9.66. The fourth-order valence-corrected chi connectivity index (χ4v) is 3.27. The molecule has 0 saturated carbocycles. The van der Waals surface area contributed by atoms with Crippen LogP contribution in [0.25, 0.3) is 0 Å². The summed E-state index contributed by atoms with van der Waals surface area (Å²) in [6.07, 6.45) is 1.59. The van der Waals surface area contributed by atoms with E-state index in [1.165, 1.54) is 23.2 Å². The second kappa shape index (κ2) is 9.29. The Morgan fingerprint density at radius 3 is 2.57 bits per heavy atom. The zero-order valence-electron chi connectivity index (χ0n) is 15.8. The Labute approximate surface area is 167 Å². The number of aromatic nitrogens is 1. The molecule has 28 heavy (non-hydrogen) atoms. The molecule has 0 fully saturated rings. The van der Waals surface area contributed by atoms with Crippen LogP contribution >= 0.6 is 11.3 Å². The fraction of sp³-hybridized carbons (Fsp3) is 0.250. The first-order chi connectivity index (χ1) is 13.5. The summed E-state index contributed by atoms with van der Waals surface area (Å²) in [6.45, 7) is 1.35. The zero-order chi connectivity index (χ0) is 19.9. The van der Waals surface area contributed by atoms with Crippen molar-refractivity contribution in [3.05, 3.63) is 70.6 Å². The van der Waals surface area contributed by atoms with E-state index in [0.717, 1.165) is 12.1 Å². The third kappa shape index (κ3) is 5.77. The highest BCUT2D eigenvalue weighted by molar-refractivity contribution is 7.14. The van der Waals surface area contributed by atoms with Crippen molar-refractivity contribution in [2.24, 2.45) is 0 Å². The smallest absolute Gasteiger partial charge is 0.293 e. The molecule has 0 aliphatic carbocycles. The molecule has 7 nitrogen and oxygen atoms in total. The van der Waals surface area contributed by atoms with Crippen LogP contribution in [0.4, 0.5) is 5.13 Å². The van der Waals surface area contributed by atoms with Gasteiger partial charge in [-0.25, -0.2) is 4.98 Å². The van der Waals surface area contributed by atoms with E-state index in [0.29, 0.717) is 17.4 Å². The Bertz CT molecular complexity index is 917. The summed E-state index contributed by atoms with van der Waals surface area (Å²) in [7, 11) is 4.06. The van der Waals surface area contributed by atoms with Gasteiger partial charge in [0.2, 0.25) is 5.91 Å². The Kier molecular flexibility index (Phi) is 6.57. The molecule has 0 radical (unpaired) electrons. The van der Waals surface area contributed by atoms with Gasteiger partial charge in [0, 0.05) is 18.5 Å². The van der Waals surface area contributed by atoms with E-state index >= 15 is 0 Å². The maximum atomic E-state index is 12.2. The molecule has 2 aromatic heterocycles. The predicted molar refractivity (Wildman–Crippen MR) is 108 cm³/mol. The van der Waals surface area contributed by atoms with Gasteiger partial charge in [0.1, 0.15) is 0 Å². The van der Waals surface area contributed by atoms with Gasteiger partial charge in [0.05, 0.1) is 18.4 Å². The number of carbonyl (C=O) groups is 2. The Hall–Kier alpha value is -2.97. The minimum absolute atomic E-state index is 0.119. The van der Waals surface area contributed by atoms with E-state index in [9.17, 15) is 9.59 Å². The van der Waals surface area contributed by atoms with Crippen molar-refractivity contribution in [1.82, 2.24) is 15.2 Å². The lowest BCUT2D eigenvalue weighted by Crippen LogP contribution is -2.24. The molecule has 146 valence electrons. The Balaban J connectivity index is 1.46. The minimum Gasteiger partial charge on any atom is -0.459 e. The van der Waals surface area contributed by atoms with Crippen LogP contribution in [0.1, 0.15) is 27.4 Å². The van der Waals surface area contributed by atoms with E-state index in [4.69, 9.17) is 4.42 Å². The SMILES string of the molecule is CN(C)Cc1ccc(CNC(=O)Cc2csc(NC(=O)c3ccco3)n2)cc1. The first kappa shape index (κ1) is 19.8. The number of carbonyl (C=O) groups excluding carboxylic acids is 2. The summed E-state index contributed by atoms with van der Waals surface area (Å²) >= 11 is 1.27. The predicted octanol–water partition coefficient (Wildman–Crippen LogP) is 2.91. The number of rotatable bonds is 8. The van der Waals surface area contributed by atoms with Crippen LogP contribution in [0.15, 0.2) is 52.5 Å². The summed E-state index contributed by atoms with van der Waals surface area (Å²) in [5.41, 5.74) is 2.88. The molecular formula is C20H22N4O3S. The standard InChI is InChI=1S/C20H22N4O3S/c1-24(2)12-15-7-5-14(6-8-15)11-21-18(25)10-16-13-28-20(22-16)23-19(26)17-4-3-9-27-17/h3-9,13H,10-12H2,1-2H3,(H,21,25)(H,22,23,26). The molecule has 0 spiro atoms. The van der Waals surface area contributed by atoms with Crippen LogP contribution in [0.2, 0.25) is 0 Å². The van der Waals surface area contributed by atoms with E-state index in [-0.39, 0.29) is 24.0 Å². The van der Waals surface area contributed by atoms with Crippen molar-refractivity contribution in [3.8, 4) is 0 Å². The second-order valence-electron chi connectivity index (χ2n) is 6.58. The highest BCUT2D eigenvalue weighted by Gasteiger charge is 2.12. The topological polar surface area (TPSA) is 87.5 Å². The van der Waals surface area contributed by atoms with Crippen molar-refractivity contribution >= 4 is 28.3 Å². The van der Waals surface area contributed by atoms with Gasteiger partial charge in [0.15, 0.2) is 10.9 Å². The quantitative estimate of drug-likeness (QED) is 0.609. The minimum atomic E-state index is -0.368. The fourth-order valence-electron chi connectivity index (χ4n) is 2.57. The molecule has 2 amide bonds. The third-order valence-corrected chi connectivity index (χ3v) is 4.68. The molecule has 0 aliphatic heterocycles. The molecule has 2 heterocycles. The molecule has 3 aromatic rings. The molecule has 2 N–H and O–H groups in total. The van der Waals surface area contributed by atoms with Gasteiger partial charge in [-0.05, 0) is 37.4 Å². The van der Waals surface area contributed by atoms with E-state index < -0.39 is 0 Å². The largest absolute Gasteiger partial charge is 0.459 e. The number of amides is 2. The number of hydrogen-bond acceptors (Lipinski definition) is 6. The molecule has 3 rings (SSSR count). The summed E-state index contributed by atoms with van der Waals surface area (Å²) in [4.78, 5) is 30.5. The van der Waals surface area contributed by atoms with Crippen LogP contribution in [0.3, 0.4) is 0 Å². The van der Waals surface area contributed by atoms with Crippen molar-refractivity contribution in [2.45, 2.75) is 19.5 Å². The Morgan fingerprint density at radius 1 is 1.14 bits per heavy atom. The number of nitrogens with zero attached hydrogens (tertiary/aromatic N) is 2. The molecule has 0 aliphatic rings. The van der Waals surface area contributed by atoms with Crippen LogP contribution in [0.5, 0.6) is 0 Å². The summed E-state index contributed by atoms with van der Waals surface area (Å²) < 4.78 is 5.04. The average Bonchev–Trinajstić information content (AvgIpc) is 3.33. The number of thiazole rings is 1. The highest BCUT2D eigenvalue weighted by atomic mass is 32.1. The molecular weight excluding hydrogens is 376 g/mol. The number of hydrogen-bond donors (Lipinski definition) is 2. The van der Waals surface area contributed by atoms with Gasteiger partial charge in [-0.15, -0.1) is 11.3 Å². The van der Waals surface area contributed by atoms with Crippen molar-refractivity contribution in [2.75, 3.05) is 19.4 Å². The third-order valence-electron chi connectivity index (χ3n) is 3.87. The maximum Gasteiger partial charge on any atom is 0.293 e. The van der Waals surface area contributed by atoms with E-state index in [2.05, 4.69) is 32.7 Å². The Morgan fingerprint density at radius 2 is 1.89 bits per heavy atom. The van der Waals surface area contributed by atoms with Gasteiger partial charge in [-0.3, -0.25) is 14.9 Å². The average molecular weight is 398 g/mol. The summed E-state index contributed by atoms with van der Waals surface area (Å²) in [6, 6.07) is 11.4. The first-order valence-electron chi connectivity index (χ1n) is 8.78. The molecule has 0 atom stereocenters. The molecule has 0 bridgehead atoms.